The van der Waals surface area contributed by atoms with Crippen LogP contribution in [-0.4, -0.2) is 69.9 Å². The van der Waals surface area contributed by atoms with Gasteiger partial charge < -0.3 is 19.2 Å². The molecular weight excluding hydrogens is 392 g/mol. The Morgan fingerprint density at radius 1 is 1.23 bits per heavy atom. The molecular formula is C23H30N6O2. The molecule has 0 aliphatic carbocycles. The zero-order valence-electron chi connectivity index (χ0n) is 18.0. The van der Waals surface area contributed by atoms with Gasteiger partial charge in [0, 0.05) is 45.1 Å². The van der Waals surface area contributed by atoms with E-state index >= 15 is 0 Å². The van der Waals surface area contributed by atoms with Gasteiger partial charge in [0.05, 0.1) is 12.5 Å². The van der Waals surface area contributed by atoms with Gasteiger partial charge in [0.2, 0.25) is 5.91 Å². The van der Waals surface area contributed by atoms with Gasteiger partial charge in [-0.2, -0.15) is 4.98 Å². The minimum atomic E-state index is 0.0729. The molecule has 0 unspecified atom stereocenters. The average Bonchev–Trinajstić information content (AvgIpc) is 3.48. The number of carbonyl (C=O) groups is 1. The average molecular weight is 423 g/mol. The number of amides is 1. The maximum absolute atomic E-state index is 13.0. The number of carbonyl (C=O) groups excluding carboxylic acids is 1. The van der Waals surface area contributed by atoms with Crippen molar-refractivity contribution in [2.75, 3.05) is 38.1 Å². The highest BCUT2D eigenvalue weighted by Gasteiger charge is 2.33. The van der Waals surface area contributed by atoms with Crippen molar-refractivity contribution >= 4 is 23.0 Å². The molecule has 0 spiro atoms. The molecule has 0 bridgehead atoms. The minimum Gasteiger partial charge on any atom is -0.423 e. The van der Waals surface area contributed by atoms with Crippen molar-refractivity contribution in [3.05, 3.63) is 42.5 Å². The standard InChI is InChI=1S/C23H30N6O2/c1-27(16-21-24-10-11-25-21)22(30)17-5-4-12-29(15-17)18-8-13-28(14-9-18)23-26-19-6-2-3-7-20(19)31-23/h2-3,6-7,10-11,17-18H,4-5,8-9,12-16H2,1H3,(H,24,25)/t17-/m0/s1. The topological polar surface area (TPSA) is 81.5 Å². The van der Waals surface area contributed by atoms with Gasteiger partial charge in [0.1, 0.15) is 11.3 Å². The Balaban J connectivity index is 1.16. The van der Waals surface area contributed by atoms with Crippen LogP contribution in [0.25, 0.3) is 11.1 Å². The van der Waals surface area contributed by atoms with E-state index in [1.54, 1.807) is 12.4 Å². The Morgan fingerprint density at radius 3 is 2.84 bits per heavy atom. The summed E-state index contributed by atoms with van der Waals surface area (Å²) in [5.74, 6) is 1.13. The Hall–Kier alpha value is -2.87. The van der Waals surface area contributed by atoms with E-state index in [1.165, 1.54) is 0 Å². The van der Waals surface area contributed by atoms with Gasteiger partial charge in [-0.3, -0.25) is 9.69 Å². The smallest absolute Gasteiger partial charge is 0.298 e. The maximum Gasteiger partial charge on any atom is 0.298 e. The first kappa shape index (κ1) is 20.1. The van der Waals surface area contributed by atoms with E-state index in [0.29, 0.717) is 12.6 Å². The van der Waals surface area contributed by atoms with Gasteiger partial charge in [-0.25, -0.2) is 4.98 Å². The molecule has 2 aromatic heterocycles. The van der Waals surface area contributed by atoms with Crippen LogP contribution in [0.2, 0.25) is 0 Å². The van der Waals surface area contributed by atoms with E-state index in [2.05, 4.69) is 24.8 Å². The van der Waals surface area contributed by atoms with Crippen LogP contribution in [0.4, 0.5) is 6.01 Å². The minimum absolute atomic E-state index is 0.0729. The molecule has 8 heteroatoms. The third kappa shape index (κ3) is 4.30. The highest BCUT2D eigenvalue weighted by Crippen LogP contribution is 2.28. The number of imidazole rings is 1. The summed E-state index contributed by atoms with van der Waals surface area (Å²) in [4.78, 5) is 31.6. The highest BCUT2D eigenvalue weighted by atomic mass is 16.4. The van der Waals surface area contributed by atoms with Crippen LogP contribution in [0.1, 0.15) is 31.5 Å². The first-order valence-electron chi connectivity index (χ1n) is 11.2. The van der Waals surface area contributed by atoms with Crippen LogP contribution in [0.15, 0.2) is 41.1 Å². The van der Waals surface area contributed by atoms with Crippen LogP contribution >= 0.6 is 0 Å². The second kappa shape index (κ2) is 8.70. The highest BCUT2D eigenvalue weighted by molar-refractivity contribution is 5.79. The Labute approximate surface area is 182 Å². The number of hydrogen-bond acceptors (Lipinski definition) is 6. The molecule has 4 heterocycles. The van der Waals surface area contributed by atoms with E-state index < -0.39 is 0 Å². The molecule has 3 aromatic rings. The largest absolute Gasteiger partial charge is 0.423 e. The fraction of sp³-hybridized carbons (Fsp3) is 0.522. The number of nitrogens with one attached hydrogen (secondary N) is 1. The van der Waals surface area contributed by atoms with Gasteiger partial charge in [0.25, 0.3) is 6.01 Å². The summed E-state index contributed by atoms with van der Waals surface area (Å²) in [5.41, 5.74) is 1.76. The summed E-state index contributed by atoms with van der Waals surface area (Å²) >= 11 is 0. The van der Waals surface area contributed by atoms with E-state index in [0.717, 1.165) is 74.8 Å². The van der Waals surface area contributed by atoms with Crippen molar-refractivity contribution in [1.29, 1.82) is 0 Å². The number of rotatable bonds is 5. The van der Waals surface area contributed by atoms with Crippen molar-refractivity contribution in [3.8, 4) is 0 Å². The molecule has 1 atom stereocenters. The number of hydrogen-bond donors (Lipinski definition) is 1. The van der Waals surface area contributed by atoms with E-state index in [9.17, 15) is 4.79 Å². The lowest BCUT2D eigenvalue weighted by Crippen LogP contribution is -2.51. The van der Waals surface area contributed by atoms with E-state index in [-0.39, 0.29) is 11.8 Å². The number of anilines is 1. The summed E-state index contributed by atoms with van der Waals surface area (Å²) in [5, 5.41) is 0. The number of aromatic nitrogens is 3. The van der Waals surface area contributed by atoms with Crippen LogP contribution in [-0.2, 0) is 11.3 Å². The van der Waals surface area contributed by atoms with Crippen LogP contribution in [0, 0.1) is 5.92 Å². The normalized spacial score (nSPS) is 20.9. The van der Waals surface area contributed by atoms with Crippen molar-refractivity contribution in [2.24, 2.45) is 5.92 Å². The number of H-pyrrole nitrogens is 1. The molecule has 2 saturated heterocycles. The molecule has 2 fully saturated rings. The SMILES string of the molecule is CN(Cc1ncc[nH]1)C(=O)[C@H]1CCCN(C2CCN(c3nc4ccccc4o3)CC2)C1. The molecule has 31 heavy (non-hydrogen) atoms. The van der Waals surface area contributed by atoms with Crippen LogP contribution in [0.3, 0.4) is 0 Å². The number of nitrogens with zero attached hydrogens (tertiary/aromatic N) is 5. The zero-order valence-corrected chi connectivity index (χ0v) is 18.0. The van der Waals surface area contributed by atoms with Crippen LogP contribution < -0.4 is 4.90 Å². The fourth-order valence-electron chi connectivity index (χ4n) is 4.96. The summed E-state index contributed by atoms with van der Waals surface area (Å²) in [6, 6.07) is 9.16. The lowest BCUT2D eigenvalue weighted by Gasteiger charge is -2.42. The van der Waals surface area contributed by atoms with E-state index in [1.807, 2.05) is 36.2 Å². The molecule has 164 valence electrons. The van der Waals surface area contributed by atoms with Gasteiger partial charge in [-0.15, -0.1) is 0 Å². The van der Waals surface area contributed by atoms with Gasteiger partial charge in [-0.05, 0) is 44.4 Å². The Morgan fingerprint density at radius 2 is 2.06 bits per heavy atom. The summed E-state index contributed by atoms with van der Waals surface area (Å²) in [7, 11) is 1.88. The van der Waals surface area contributed by atoms with Crippen molar-refractivity contribution < 1.29 is 9.21 Å². The Kier molecular flexibility index (Phi) is 5.63. The van der Waals surface area contributed by atoms with Crippen molar-refractivity contribution in [2.45, 2.75) is 38.3 Å². The van der Waals surface area contributed by atoms with Gasteiger partial charge in [0.15, 0.2) is 5.58 Å². The number of piperidine rings is 2. The Bertz CT molecular complexity index is 975. The first-order valence-corrected chi connectivity index (χ1v) is 11.2. The van der Waals surface area contributed by atoms with Gasteiger partial charge in [-0.1, -0.05) is 12.1 Å². The molecule has 1 aromatic carbocycles. The first-order chi connectivity index (χ1) is 15.2. The molecule has 1 amide bonds. The predicted molar refractivity (Wildman–Crippen MR) is 119 cm³/mol. The summed E-state index contributed by atoms with van der Waals surface area (Å²) < 4.78 is 5.95. The zero-order chi connectivity index (χ0) is 21.2. The fourth-order valence-corrected chi connectivity index (χ4v) is 4.96. The summed E-state index contributed by atoms with van der Waals surface area (Å²) in [6.07, 6.45) is 7.71. The lowest BCUT2D eigenvalue weighted by molar-refractivity contribution is -0.137. The number of aromatic amines is 1. The van der Waals surface area contributed by atoms with Crippen LogP contribution in [0.5, 0.6) is 0 Å². The maximum atomic E-state index is 13.0. The molecule has 1 N–H and O–H groups in total. The molecule has 0 saturated carbocycles. The number of fused-ring (bicyclic) bond motifs is 1. The second-order valence-electron chi connectivity index (χ2n) is 8.75. The van der Waals surface area contributed by atoms with E-state index in [4.69, 9.17) is 4.42 Å². The third-order valence-electron chi connectivity index (χ3n) is 6.65. The molecule has 0 radical (unpaired) electrons. The molecule has 8 nitrogen and oxygen atoms in total. The second-order valence-corrected chi connectivity index (χ2v) is 8.75. The monoisotopic (exact) mass is 422 g/mol. The van der Waals surface area contributed by atoms with Crippen molar-refractivity contribution in [3.63, 3.8) is 0 Å². The number of benzene rings is 1. The third-order valence-corrected chi connectivity index (χ3v) is 6.65. The number of likely N-dealkylation sites (tertiary alicyclic amines) is 1. The quantitative estimate of drug-likeness (QED) is 0.681. The lowest BCUT2D eigenvalue weighted by atomic mass is 9.93. The van der Waals surface area contributed by atoms with Crippen molar-refractivity contribution in [1.82, 2.24) is 24.8 Å². The number of oxazole rings is 1. The predicted octanol–water partition coefficient (Wildman–Crippen LogP) is 2.89. The molecule has 2 aliphatic rings. The molecule has 2 aliphatic heterocycles. The summed E-state index contributed by atoms with van der Waals surface area (Å²) in [6.45, 7) is 4.34. The molecule has 5 rings (SSSR count). The number of para-hydroxylation sites is 2. The van der Waals surface area contributed by atoms with Gasteiger partial charge >= 0.3 is 0 Å².